The number of hydrogen-bond donors (Lipinski definition) is 1. The molecule has 4 heteroatoms. The Morgan fingerprint density at radius 1 is 1.38 bits per heavy atom. The van der Waals surface area contributed by atoms with Gasteiger partial charge in [-0.2, -0.15) is 0 Å². The smallest absolute Gasteiger partial charge is 0.228 e. The van der Waals surface area contributed by atoms with E-state index in [-0.39, 0.29) is 17.4 Å². The highest BCUT2D eigenvalue weighted by Gasteiger charge is 2.46. The first-order valence-corrected chi connectivity index (χ1v) is 8.20. The van der Waals surface area contributed by atoms with Gasteiger partial charge in [-0.3, -0.25) is 4.79 Å². The van der Waals surface area contributed by atoms with Crippen LogP contribution in [0, 0.1) is 5.41 Å². The molecule has 0 aromatic heterocycles. The first-order valence-electron chi connectivity index (χ1n) is 7.83. The molecule has 116 valence electrons. The molecule has 1 amide bonds. The Bertz CT molecular complexity index is 495. The highest BCUT2D eigenvalue weighted by molar-refractivity contribution is 6.30. The maximum atomic E-state index is 12.8. The van der Waals surface area contributed by atoms with Crippen molar-refractivity contribution in [1.29, 1.82) is 0 Å². The molecule has 1 saturated carbocycles. The Kier molecular flexibility index (Phi) is 5.28. The normalized spacial score (nSPS) is 17.9. The monoisotopic (exact) mass is 308 g/mol. The summed E-state index contributed by atoms with van der Waals surface area (Å²) in [6.07, 6.45) is 3.74. The van der Waals surface area contributed by atoms with Gasteiger partial charge in [-0.05, 0) is 50.8 Å². The average molecular weight is 309 g/mol. The van der Waals surface area contributed by atoms with Crippen LogP contribution in [-0.4, -0.2) is 23.9 Å². The van der Waals surface area contributed by atoms with Crippen LogP contribution in [0.1, 0.15) is 51.1 Å². The van der Waals surface area contributed by atoms with Crippen molar-refractivity contribution in [3.05, 3.63) is 34.9 Å². The molecule has 3 nitrogen and oxygen atoms in total. The fourth-order valence-electron chi connectivity index (χ4n) is 3.23. The average Bonchev–Trinajstić information content (AvgIpc) is 2.43. The van der Waals surface area contributed by atoms with Gasteiger partial charge in [-0.25, -0.2) is 0 Å². The van der Waals surface area contributed by atoms with E-state index in [0.29, 0.717) is 11.4 Å². The third-order valence-electron chi connectivity index (χ3n) is 4.70. The van der Waals surface area contributed by atoms with Crippen LogP contribution in [0.4, 0.5) is 0 Å². The number of amides is 1. The predicted molar refractivity (Wildman–Crippen MR) is 87.2 cm³/mol. The van der Waals surface area contributed by atoms with Crippen LogP contribution in [-0.2, 0) is 4.79 Å². The summed E-state index contributed by atoms with van der Waals surface area (Å²) < 4.78 is 0. The number of hydrogen-bond acceptors (Lipinski definition) is 2. The lowest BCUT2D eigenvalue weighted by atomic mass is 9.64. The lowest BCUT2D eigenvalue weighted by molar-refractivity contribution is -0.148. The molecule has 1 fully saturated rings. The molecule has 0 radical (unpaired) electrons. The fourth-order valence-corrected chi connectivity index (χ4v) is 3.43. The molecule has 1 aromatic carbocycles. The summed E-state index contributed by atoms with van der Waals surface area (Å²) in [5.41, 5.74) is 7.11. The summed E-state index contributed by atoms with van der Waals surface area (Å²) in [5.74, 6) is 0.274. The van der Waals surface area contributed by atoms with Gasteiger partial charge in [0.15, 0.2) is 0 Å². The molecule has 0 saturated heterocycles. The van der Waals surface area contributed by atoms with Gasteiger partial charge in [0.05, 0.1) is 5.41 Å². The predicted octanol–water partition coefficient (Wildman–Crippen LogP) is 3.77. The number of rotatable bonds is 6. The molecule has 1 aromatic rings. The van der Waals surface area contributed by atoms with Crippen LogP contribution in [0.2, 0.25) is 5.02 Å². The zero-order valence-electron chi connectivity index (χ0n) is 12.9. The van der Waals surface area contributed by atoms with Crippen LogP contribution >= 0.6 is 11.6 Å². The van der Waals surface area contributed by atoms with Crippen LogP contribution < -0.4 is 5.73 Å². The molecule has 1 unspecified atom stereocenters. The van der Waals surface area contributed by atoms with E-state index in [1.807, 2.05) is 43.0 Å². The van der Waals surface area contributed by atoms with E-state index in [1.165, 1.54) is 0 Å². The summed E-state index contributed by atoms with van der Waals surface area (Å²) in [5, 5.41) is 0.695. The molecular formula is C17H25ClN2O. The van der Waals surface area contributed by atoms with Crippen molar-refractivity contribution in [3.63, 3.8) is 0 Å². The quantitative estimate of drug-likeness (QED) is 0.869. The van der Waals surface area contributed by atoms with Crippen molar-refractivity contribution in [1.82, 2.24) is 4.90 Å². The van der Waals surface area contributed by atoms with Gasteiger partial charge in [0.25, 0.3) is 0 Å². The standard InChI is InChI=1S/C17H25ClN2O/c1-3-20(4-2)16(21)17(9-6-10-17)12-15(19)13-7-5-8-14(18)11-13/h5,7-8,11,15H,3-4,6,9-10,12,19H2,1-2H3. The van der Waals surface area contributed by atoms with E-state index in [0.717, 1.165) is 37.9 Å². The Labute approximate surface area is 132 Å². The number of carbonyl (C=O) groups is 1. The summed E-state index contributed by atoms with van der Waals surface area (Å²) >= 11 is 6.04. The van der Waals surface area contributed by atoms with Gasteiger partial charge in [0, 0.05) is 24.2 Å². The Balaban J connectivity index is 2.13. The third kappa shape index (κ3) is 3.41. The van der Waals surface area contributed by atoms with Crippen molar-refractivity contribution >= 4 is 17.5 Å². The molecule has 0 heterocycles. The second-order valence-corrected chi connectivity index (χ2v) is 6.41. The summed E-state index contributed by atoms with van der Waals surface area (Å²) in [6, 6.07) is 7.52. The summed E-state index contributed by atoms with van der Waals surface area (Å²) in [6.45, 7) is 5.60. The van der Waals surface area contributed by atoms with Gasteiger partial charge < -0.3 is 10.6 Å². The molecular weight excluding hydrogens is 284 g/mol. The Hall–Kier alpha value is -1.06. The van der Waals surface area contributed by atoms with Gasteiger partial charge in [-0.1, -0.05) is 30.2 Å². The van der Waals surface area contributed by atoms with Crippen molar-refractivity contribution < 1.29 is 4.79 Å². The van der Waals surface area contributed by atoms with Gasteiger partial charge in [0.2, 0.25) is 5.91 Å². The summed E-state index contributed by atoms with van der Waals surface area (Å²) in [4.78, 5) is 14.7. The number of carbonyl (C=O) groups excluding carboxylic acids is 1. The Morgan fingerprint density at radius 2 is 2.05 bits per heavy atom. The number of nitrogens with zero attached hydrogens (tertiary/aromatic N) is 1. The molecule has 1 atom stereocenters. The van der Waals surface area contributed by atoms with Crippen molar-refractivity contribution in [2.75, 3.05) is 13.1 Å². The lowest BCUT2D eigenvalue weighted by Gasteiger charge is -2.44. The minimum Gasteiger partial charge on any atom is -0.343 e. The van der Waals surface area contributed by atoms with Crippen molar-refractivity contribution in [3.8, 4) is 0 Å². The van der Waals surface area contributed by atoms with E-state index in [4.69, 9.17) is 17.3 Å². The zero-order valence-corrected chi connectivity index (χ0v) is 13.7. The molecule has 0 aliphatic heterocycles. The van der Waals surface area contributed by atoms with Crippen LogP contribution in [0.15, 0.2) is 24.3 Å². The first kappa shape index (κ1) is 16.3. The van der Waals surface area contributed by atoms with Crippen LogP contribution in [0.5, 0.6) is 0 Å². The zero-order chi connectivity index (χ0) is 15.5. The molecule has 0 bridgehead atoms. The largest absolute Gasteiger partial charge is 0.343 e. The minimum atomic E-state index is -0.256. The number of halogens is 1. The highest BCUT2D eigenvalue weighted by Crippen LogP contribution is 2.48. The fraction of sp³-hybridized carbons (Fsp3) is 0.588. The third-order valence-corrected chi connectivity index (χ3v) is 4.94. The van der Waals surface area contributed by atoms with E-state index < -0.39 is 0 Å². The second-order valence-electron chi connectivity index (χ2n) is 5.98. The Morgan fingerprint density at radius 3 is 2.52 bits per heavy atom. The highest BCUT2D eigenvalue weighted by atomic mass is 35.5. The molecule has 2 N–H and O–H groups in total. The van der Waals surface area contributed by atoms with E-state index in [9.17, 15) is 4.79 Å². The maximum absolute atomic E-state index is 12.8. The SMILES string of the molecule is CCN(CC)C(=O)C1(CC(N)c2cccc(Cl)c2)CCC1. The van der Waals surface area contributed by atoms with Gasteiger partial charge in [-0.15, -0.1) is 0 Å². The molecule has 21 heavy (non-hydrogen) atoms. The number of benzene rings is 1. The molecule has 0 spiro atoms. The van der Waals surface area contributed by atoms with Gasteiger partial charge in [0.1, 0.15) is 0 Å². The van der Waals surface area contributed by atoms with E-state index in [2.05, 4.69) is 0 Å². The van der Waals surface area contributed by atoms with E-state index >= 15 is 0 Å². The van der Waals surface area contributed by atoms with Crippen molar-refractivity contribution in [2.24, 2.45) is 11.1 Å². The molecule has 1 aliphatic carbocycles. The molecule has 1 aliphatic rings. The summed E-state index contributed by atoms with van der Waals surface area (Å²) in [7, 11) is 0. The second kappa shape index (κ2) is 6.80. The topological polar surface area (TPSA) is 46.3 Å². The molecule has 2 rings (SSSR count). The first-order chi connectivity index (χ1) is 10.0. The van der Waals surface area contributed by atoms with Crippen LogP contribution in [0.3, 0.4) is 0 Å². The minimum absolute atomic E-state index is 0.136. The number of nitrogens with two attached hydrogens (primary N) is 1. The van der Waals surface area contributed by atoms with Crippen molar-refractivity contribution in [2.45, 2.75) is 45.6 Å². The maximum Gasteiger partial charge on any atom is 0.228 e. The lowest BCUT2D eigenvalue weighted by Crippen LogP contribution is -2.49. The van der Waals surface area contributed by atoms with E-state index in [1.54, 1.807) is 0 Å². The van der Waals surface area contributed by atoms with Crippen LogP contribution in [0.25, 0.3) is 0 Å². The van der Waals surface area contributed by atoms with Gasteiger partial charge >= 0.3 is 0 Å².